The van der Waals surface area contributed by atoms with E-state index in [1.54, 1.807) is 6.07 Å². The molecule has 0 aromatic heterocycles. The van der Waals surface area contributed by atoms with Crippen LogP contribution in [0.4, 0.5) is 11.4 Å². The Balaban J connectivity index is 1.89. The number of nitrogens with two attached hydrogens (primary N) is 1. The Hall–Kier alpha value is -1.54. The quantitative estimate of drug-likeness (QED) is 0.528. The molecule has 1 heterocycles. The minimum atomic E-state index is -0.547. The zero-order valence-corrected chi connectivity index (χ0v) is 14.8. The molecular formula is C17H28N2O5. The molecule has 7 heteroatoms. The van der Waals surface area contributed by atoms with Gasteiger partial charge in [0.1, 0.15) is 18.5 Å². The van der Waals surface area contributed by atoms with Crippen LogP contribution in [-0.2, 0) is 18.9 Å². The van der Waals surface area contributed by atoms with Crippen molar-refractivity contribution in [3.05, 3.63) is 18.2 Å². The molecule has 136 valence electrons. The minimum absolute atomic E-state index is 0.0840. The largest absolute Gasteiger partial charge is 0.491 e. The molecule has 24 heavy (non-hydrogen) atoms. The molecule has 2 rings (SSSR count). The van der Waals surface area contributed by atoms with Crippen LogP contribution in [0.1, 0.15) is 27.7 Å². The molecule has 7 nitrogen and oxygen atoms in total. The summed E-state index contributed by atoms with van der Waals surface area (Å²) in [6.45, 7) is 9.60. The first kappa shape index (κ1) is 18.8. The molecule has 1 aliphatic rings. The second-order valence-corrected chi connectivity index (χ2v) is 5.90. The minimum Gasteiger partial charge on any atom is -0.491 e. The van der Waals surface area contributed by atoms with Crippen LogP contribution in [0, 0.1) is 0 Å². The standard InChI is InChI=1S/C17H28N2O5/c1-5-20-16(21-6-2)19-15-8-7-12(9-14(15)18)22-10-13-11-23-17(3,4)24-13/h7-9,13,16,19H,5-6,10-11,18H2,1-4H3. The third-order valence-electron chi connectivity index (χ3n) is 3.44. The summed E-state index contributed by atoms with van der Waals surface area (Å²) in [6, 6.07) is 5.44. The van der Waals surface area contributed by atoms with Crippen LogP contribution in [0.15, 0.2) is 18.2 Å². The average molecular weight is 340 g/mol. The Morgan fingerprint density at radius 3 is 2.54 bits per heavy atom. The Labute approximate surface area is 143 Å². The number of anilines is 2. The van der Waals surface area contributed by atoms with Gasteiger partial charge in [0, 0.05) is 19.3 Å². The van der Waals surface area contributed by atoms with Gasteiger partial charge in [-0.05, 0) is 39.8 Å². The first-order valence-electron chi connectivity index (χ1n) is 8.27. The van der Waals surface area contributed by atoms with Crippen molar-refractivity contribution in [1.82, 2.24) is 0 Å². The Bertz CT molecular complexity index is 518. The van der Waals surface area contributed by atoms with Gasteiger partial charge in [0.2, 0.25) is 6.41 Å². The van der Waals surface area contributed by atoms with Gasteiger partial charge in [-0.1, -0.05) is 0 Å². The van der Waals surface area contributed by atoms with E-state index in [4.69, 9.17) is 29.4 Å². The average Bonchev–Trinajstić information content (AvgIpc) is 2.87. The number of nitrogen functional groups attached to an aromatic ring is 1. The maximum atomic E-state index is 6.08. The molecule has 1 saturated heterocycles. The van der Waals surface area contributed by atoms with Crippen molar-refractivity contribution in [2.75, 3.05) is 37.5 Å². The van der Waals surface area contributed by atoms with E-state index < -0.39 is 12.2 Å². The second-order valence-electron chi connectivity index (χ2n) is 5.90. The van der Waals surface area contributed by atoms with Crippen LogP contribution in [0.2, 0.25) is 0 Å². The van der Waals surface area contributed by atoms with Crippen LogP contribution in [0.5, 0.6) is 5.75 Å². The van der Waals surface area contributed by atoms with Crippen molar-refractivity contribution in [1.29, 1.82) is 0 Å². The number of nitrogens with one attached hydrogen (secondary N) is 1. The van der Waals surface area contributed by atoms with Crippen LogP contribution < -0.4 is 15.8 Å². The van der Waals surface area contributed by atoms with Gasteiger partial charge < -0.3 is 34.7 Å². The van der Waals surface area contributed by atoms with Gasteiger partial charge in [0.15, 0.2) is 5.79 Å². The van der Waals surface area contributed by atoms with Gasteiger partial charge in [-0.25, -0.2) is 0 Å². The lowest BCUT2D eigenvalue weighted by Crippen LogP contribution is -2.27. The number of ether oxygens (including phenoxy) is 5. The third kappa shape index (κ3) is 5.52. The van der Waals surface area contributed by atoms with E-state index >= 15 is 0 Å². The second kappa shape index (κ2) is 8.53. The van der Waals surface area contributed by atoms with E-state index in [2.05, 4.69) is 5.32 Å². The molecule has 0 bridgehead atoms. The van der Waals surface area contributed by atoms with E-state index in [9.17, 15) is 0 Å². The van der Waals surface area contributed by atoms with E-state index in [0.717, 1.165) is 5.69 Å². The highest BCUT2D eigenvalue weighted by molar-refractivity contribution is 5.68. The Morgan fingerprint density at radius 1 is 1.29 bits per heavy atom. The monoisotopic (exact) mass is 340 g/mol. The molecule has 3 N–H and O–H groups in total. The topological polar surface area (TPSA) is 84.2 Å². The number of rotatable bonds is 9. The highest BCUT2D eigenvalue weighted by Crippen LogP contribution is 2.27. The molecular weight excluding hydrogens is 312 g/mol. The van der Waals surface area contributed by atoms with Gasteiger partial charge in [-0.15, -0.1) is 0 Å². The van der Waals surface area contributed by atoms with Crippen molar-refractivity contribution >= 4 is 11.4 Å². The Kier molecular flexibility index (Phi) is 6.68. The van der Waals surface area contributed by atoms with Crippen molar-refractivity contribution in [2.24, 2.45) is 0 Å². The summed E-state index contributed by atoms with van der Waals surface area (Å²) in [7, 11) is 0. The summed E-state index contributed by atoms with van der Waals surface area (Å²) in [4.78, 5) is 0. The maximum Gasteiger partial charge on any atom is 0.238 e. The van der Waals surface area contributed by atoms with E-state index in [-0.39, 0.29) is 6.10 Å². The van der Waals surface area contributed by atoms with E-state index in [1.165, 1.54) is 0 Å². The molecule has 1 aliphatic heterocycles. The predicted octanol–water partition coefficient (Wildman–Crippen LogP) is 2.57. The molecule has 1 aromatic carbocycles. The lowest BCUT2D eigenvalue weighted by atomic mass is 10.2. The molecule has 1 aromatic rings. The van der Waals surface area contributed by atoms with Gasteiger partial charge in [-0.2, -0.15) is 0 Å². The summed E-state index contributed by atoms with van der Waals surface area (Å²) in [5.41, 5.74) is 7.37. The number of hydrogen-bond donors (Lipinski definition) is 2. The highest BCUT2D eigenvalue weighted by atomic mass is 16.7. The molecule has 1 unspecified atom stereocenters. The summed E-state index contributed by atoms with van der Waals surface area (Å²) >= 11 is 0. The normalized spacial score (nSPS) is 19.6. The highest BCUT2D eigenvalue weighted by Gasteiger charge is 2.32. The summed E-state index contributed by atoms with van der Waals surface area (Å²) in [5, 5.41) is 3.11. The van der Waals surface area contributed by atoms with Crippen LogP contribution in [0.25, 0.3) is 0 Å². The third-order valence-corrected chi connectivity index (χ3v) is 3.44. The predicted molar refractivity (Wildman–Crippen MR) is 91.9 cm³/mol. The lowest BCUT2D eigenvalue weighted by Gasteiger charge is -2.21. The fourth-order valence-electron chi connectivity index (χ4n) is 2.36. The van der Waals surface area contributed by atoms with Crippen molar-refractivity contribution < 1.29 is 23.7 Å². The molecule has 0 aliphatic carbocycles. The Morgan fingerprint density at radius 2 is 2.00 bits per heavy atom. The van der Waals surface area contributed by atoms with Gasteiger partial charge in [-0.3, -0.25) is 0 Å². The molecule has 0 radical (unpaired) electrons. The summed E-state index contributed by atoms with van der Waals surface area (Å²) in [6.07, 6.45) is -0.611. The van der Waals surface area contributed by atoms with Crippen LogP contribution >= 0.6 is 0 Å². The number of benzene rings is 1. The molecule has 1 fully saturated rings. The molecule has 0 amide bonds. The van der Waals surface area contributed by atoms with Crippen molar-refractivity contribution in [2.45, 2.75) is 46.0 Å². The summed E-state index contributed by atoms with van der Waals surface area (Å²) in [5.74, 6) is 0.129. The first-order valence-corrected chi connectivity index (χ1v) is 8.27. The summed E-state index contributed by atoms with van der Waals surface area (Å²) < 4.78 is 27.9. The van der Waals surface area contributed by atoms with Gasteiger partial charge >= 0.3 is 0 Å². The van der Waals surface area contributed by atoms with E-state index in [0.29, 0.717) is 37.9 Å². The molecule has 0 saturated carbocycles. The molecule has 1 atom stereocenters. The maximum absolute atomic E-state index is 6.08. The SMILES string of the molecule is CCOC(Nc1ccc(OCC2COC(C)(C)O2)cc1N)OCC. The first-order chi connectivity index (χ1) is 11.4. The zero-order valence-electron chi connectivity index (χ0n) is 14.8. The van der Waals surface area contributed by atoms with Crippen molar-refractivity contribution in [3.8, 4) is 5.75 Å². The van der Waals surface area contributed by atoms with E-state index in [1.807, 2.05) is 39.8 Å². The molecule has 0 spiro atoms. The van der Waals surface area contributed by atoms with Crippen LogP contribution in [-0.4, -0.2) is 44.7 Å². The van der Waals surface area contributed by atoms with Gasteiger partial charge in [0.25, 0.3) is 0 Å². The zero-order chi connectivity index (χ0) is 17.6. The van der Waals surface area contributed by atoms with Crippen molar-refractivity contribution in [3.63, 3.8) is 0 Å². The van der Waals surface area contributed by atoms with Crippen LogP contribution in [0.3, 0.4) is 0 Å². The van der Waals surface area contributed by atoms with Gasteiger partial charge in [0.05, 0.1) is 18.0 Å². The fraction of sp³-hybridized carbons (Fsp3) is 0.647. The lowest BCUT2D eigenvalue weighted by molar-refractivity contribution is -0.141. The fourth-order valence-corrected chi connectivity index (χ4v) is 2.36. The number of hydrogen-bond acceptors (Lipinski definition) is 7. The smallest absolute Gasteiger partial charge is 0.238 e.